The standard InChI is InChI=1S/C17H18N2O2S2/c20-17(19-23(21)15-8-3-9-22-15)18-16-13-6-1-4-11(13)10-12-5-2-7-14(12)16/h3,8-10H,1-2,4-7H2,(H2,18,19,20). The molecule has 0 bridgehead atoms. The Morgan fingerprint density at radius 2 is 1.83 bits per heavy atom. The molecule has 2 amide bonds. The van der Waals surface area contributed by atoms with E-state index in [9.17, 15) is 9.35 Å². The van der Waals surface area contributed by atoms with Crippen molar-refractivity contribution in [3.05, 3.63) is 45.8 Å². The van der Waals surface area contributed by atoms with Crippen molar-refractivity contribution in [3.8, 4) is 0 Å². The van der Waals surface area contributed by atoms with E-state index in [1.54, 1.807) is 6.07 Å². The molecule has 1 heterocycles. The third kappa shape index (κ3) is 2.86. The van der Waals surface area contributed by atoms with Gasteiger partial charge in [-0.15, -0.1) is 4.72 Å². The zero-order chi connectivity index (χ0) is 15.8. The minimum atomic E-state index is -1.50. The third-order valence-electron chi connectivity index (χ3n) is 4.57. The molecular weight excluding hydrogens is 328 g/mol. The van der Waals surface area contributed by atoms with Crippen LogP contribution in [0, 0.1) is 0 Å². The highest BCUT2D eigenvalue weighted by Crippen LogP contribution is 2.38. The predicted octanol–water partition coefficient (Wildman–Crippen LogP) is 3.57. The van der Waals surface area contributed by atoms with Gasteiger partial charge in [0.15, 0.2) is 0 Å². The number of nitrogens with one attached hydrogen (secondary N) is 2. The van der Waals surface area contributed by atoms with Gasteiger partial charge in [0.1, 0.15) is 11.4 Å². The number of hydrogen-bond donors (Lipinski definition) is 2. The topological polar surface area (TPSA) is 64.2 Å². The Hall–Kier alpha value is -1.50. The predicted molar refractivity (Wildman–Crippen MR) is 93.4 cm³/mol. The molecule has 0 aliphatic heterocycles. The number of urea groups is 1. The fourth-order valence-electron chi connectivity index (χ4n) is 3.61. The lowest BCUT2D eigenvalue weighted by atomic mass is 9.99. The molecule has 2 N–H and O–H groups in total. The second kappa shape index (κ2) is 6.19. The van der Waals surface area contributed by atoms with E-state index in [0.29, 0.717) is 4.21 Å². The van der Waals surface area contributed by atoms with Crippen LogP contribution in [0.5, 0.6) is 0 Å². The first kappa shape index (κ1) is 15.1. The summed E-state index contributed by atoms with van der Waals surface area (Å²) in [6.45, 7) is 0. The van der Waals surface area contributed by atoms with Gasteiger partial charge >= 0.3 is 6.03 Å². The maximum absolute atomic E-state index is 12.3. The second-order valence-corrected chi connectivity index (χ2v) is 8.38. The molecule has 1 atom stereocenters. The summed E-state index contributed by atoms with van der Waals surface area (Å²) in [5, 5.41) is 4.85. The van der Waals surface area contributed by atoms with Gasteiger partial charge in [-0.2, -0.15) is 0 Å². The first-order chi connectivity index (χ1) is 11.2. The summed E-state index contributed by atoms with van der Waals surface area (Å²) < 4.78 is 15.3. The van der Waals surface area contributed by atoms with Crippen molar-refractivity contribution >= 4 is 34.4 Å². The Balaban J connectivity index is 1.56. The summed E-state index contributed by atoms with van der Waals surface area (Å²) in [5.74, 6) is 0. The lowest BCUT2D eigenvalue weighted by Crippen LogP contribution is -2.34. The molecule has 2 aliphatic rings. The SMILES string of the molecule is O=C(Nc1c2c(cc3c1CCC3)CCC2)N[S+]([O-])c1cccs1. The maximum atomic E-state index is 12.3. The quantitative estimate of drug-likeness (QED) is 0.835. The van der Waals surface area contributed by atoms with Crippen molar-refractivity contribution in [2.75, 3.05) is 5.32 Å². The number of anilines is 1. The van der Waals surface area contributed by atoms with Crippen molar-refractivity contribution in [3.63, 3.8) is 0 Å². The number of fused-ring (bicyclic) bond motifs is 2. The van der Waals surface area contributed by atoms with Gasteiger partial charge < -0.3 is 9.87 Å². The van der Waals surface area contributed by atoms with Crippen molar-refractivity contribution in [2.24, 2.45) is 0 Å². The van der Waals surface area contributed by atoms with Crippen LogP contribution in [0.1, 0.15) is 35.1 Å². The molecule has 0 fully saturated rings. The summed E-state index contributed by atoms with van der Waals surface area (Å²) in [5.41, 5.74) is 6.29. The van der Waals surface area contributed by atoms with Crippen LogP contribution in [-0.2, 0) is 37.0 Å². The Morgan fingerprint density at radius 1 is 1.13 bits per heavy atom. The van der Waals surface area contributed by atoms with Crippen LogP contribution in [0.15, 0.2) is 27.8 Å². The summed E-state index contributed by atoms with van der Waals surface area (Å²) in [6, 6.07) is 5.54. The Morgan fingerprint density at radius 3 is 2.43 bits per heavy atom. The first-order valence-electron chi connectivity index (χ1n) is 7.92. The van der Waals surface area contributed by atoms with Crippen LogP contribution in [-0.4, -0.2) is 10.6 Å². The fourth-order valence-corrected chi connectivity index (χ4v) is 5.22. The molecule has 0 saturated carbocycles. The van der Waals surface area contributed by atoms with Gasteiger partial charge in [0, 0.05) is 11.8 Å². The van der Waals surface area contributed by atoms with E-state index >= 15 is 0 Å². The maximum Gasteiger partial charge on any atom is 0.361 e. The van der Waals surface area contributed by atoms with Gasteiger partial charge in [-0.05, 0) is 72.2 Å². The van der Waals surface area contributed by atoms with Gasteiger partial charge in [-0.1, -0.05) is 17.4 Å². The molecule has 1 aromatic heterocycles. The number of aryl methyl sites for hydroxylation is 2. The van der Waals surface area contributed by atoms with Gasteiger partial charge in [-0.25, -0.2) is 4.79 Å². The largest absolute Gasteiger partial charge is 0.587 e. The minimum Gasteiger partial charge on any atom is -0.587 e. The molecule has 1 aromatic carbocycles. The van der Waals surface area contributed by atoms with E-state index in [-0.39, 0.29) is 6.03 Å². The minimum absolute atomic E-state index is 0.383. The Labute approximate surface area is 142 Å². The Kier molecular flexibility index (Phi) is 4.05. The first-order valence-corrected chi connectivity index (χ1v) is 9.95. The summed E-state index contributed by atoms with van der Waals surface area (Å²) in [4.78, 5) is 12.3. The molecule has 2 aromatic rings. The smallest absolute Gasteiger partial charge is 0.361 e. The van der Waals surface area contributed by atoms with E-state index in [4.69, 9.17) is 0 Å². The van der Waals surface area contributed by atoms with Crippen LogP contribution in [0.25, 0.3) is 0 Å². The molecule has 6 heteroatoms. The number of carbonyl (C=O) groups is 1. The number of hydrogen-bond acceptors (Lipinski definition) is 3. The molecule has 2 aliphatic carbocycles. The summed E-state index contributed by atoms with van der Waals surface area (Å²) in [6.07, 6.45) is 6.53. The lowest BCUT2D eigenvalue weighted by molar-refractivity contribution is 0.256. The fraction of sp³-hybridized carbons (Fsp3) is 0.353. The summed E-state index contributed by atoms with van der Waals surface area (Å²) in [7, 11) is 0. The van der Waals surface area contributed by atoms with Gasteiger partial charge in [0.2, 0.25) is 4.21 Å². The molecule has 120 valence electrons. The average molecular weight is 346 g/mol. The average Bonchev–Trinajstić information content (AvgIpc) is 3.27. The molecule has 0 saturated heterocycles. The molecule has 0 radical (unpaired) electrons. The monoisotopic (exact) mass is 346 g/mol. The number of rotatable bonds is 3. The van der Waals surface area contributed by atoms with Crippen LogP contribution < -0.4 is 10.0 Å². The molecular formula is C17H18N2O2S2. The molecule has 23 heavy (non-hydrogen) atoms. The van der Waals surface area contributed by atoms with Crippen molar-refractivity contribution in [1.29, 1.82) is 0 Å². The number of benzene rings is 1. The lowest BCUT2D eigenvalue weighted by Gasteiger charge is -2.16. The Bertz CT molecular complexity index is 711. The van der Waals surface area contributed by atoms with Crippen LogP contribution >= 0.6 is 11.3 Å². The zero-order valence-electron chi connectivity index (χ0n) is 12.7. The highest BCUT2D eigenvalue weighted by molar-refractivity contribution is 7.92. The second-order valence-electron chi connectivity index (χ2n) is 5.99. The van der Waals surface area contributed by atoms with Crippen molar-refractivity contribution in [1.82, 2.24) is 4.72 Å². The highest BCUT2D eigenvalue weighted by Gasteiger charge is 2.26. The van der Waals surface area contributed by atoms with Crippen molar-refractivity contribution in [2.45, 2.75) is 42.7 Å². The number of carbonyl (C=O) groups excluding carboxylic acids is 1. The normalized spacial score (nSPS) is 16.7. The van der Waals surface area contributed by atoms with Crippen molar-refractivity contribution < 1.29 is 9.35 Å². The van der Waals surface area contributed by atoms with Gasteiger partial charge in [0.05, 0.1) is 0 Å². The van der Waals surface area contributed by atoms with E-state index in [2.05, 4.69) is 16.1 Å². The van der Waals surface area contributed by atoms with Crippen LogP contribution in [0.2, 0.25) is 0 Å². The highest BCUT2D eigenvalue weighted by atomic mass is 32.2. The zero-order valence-corrected chi connectivity index (χ0v) is 14.3. The molecule has 4 nitrogen and oxygen atoms in total. The number of thiophene rings is 1. The van der Waals surface area contributed by atoms with Gasteiger partial charge in [-0.3, -0.25) is 0 Å². The van der Waals surface area contributed by atoms with Gasteiger partial charge in [0.25, 0.3) is 0 Å². The molecule has 0 spiro atoms. The van der Waals surface area contributed by atoms with Crippen LogP contribution in [0.3, 0.4) is 0 Å². The van der Waals surface area contributed by atoms with E-state index in [1.807, 2.05) is 11.4 Å². The van der Waals surface area contributed by atoms with E-state index in [1.165, 1.54) is 33.6 Å². The third-order valence-corrected chi connectivity index (χ3v) is 6.85. The molecule has 4 rings (SSSR count). The summed E-state index contributed by atoms with van der Waals surface area (Å²) >= 11 is -0.119. The van der Waals surface area contributed by atoms with Crippen LogP contribution in [0.4, 0.5) is 10.5 Å². The van der Waals surface area contributed by atoms with E-state index in [0.717, 1.165) is 44.2 Å². The van der Waals surface area contributed by atoms with E-state index < -0.39 is 11.4 Å². The number of amides is 2. The molecule has 1 unspecified atom stereocenters.